The van der Waals surface area contributed by atoms with Crippen LogP contribution in [0.1, 0.15) is 16.7 Å². The summed E-state index contributed by atoms with van der Waals surface area (Å²) in [5.41, 5.74) is 5.46. The zero-order valence-electron chi connectivity index (χ0n) is 23.0. The number of ether oxygens (including phenoxy) is 2. The first-order valence-corrected chi connectivity index (χ1v) is 15.4. The average Bonchev–Trinajstić information content (AvgIpc) is 3.00. The lowest BCUT2D eigenvalue weighted by Crippen LogP contribution is -2.39. The number of carbonyl (C=O) groups excluding carboxylic acids is 1. The summed E-state index contributed by atoms with van der Waals surface area (Å²) in [7, 11) is -2.48. The van der Waals surface area contributed by atoms with Crippen molar-refractivity contribution < 1.29 is 22.7 Å². The van der Waals surface area contributed by atoms with E-state index in [2.05, 4.69) is 10.5 Å². The number of methoxy groups -OCH3 is 1. The molecule has 212 valence electrons. The maximum absolute atomic E-state index is 13.6. The molecule has 10 heteroatoms. The van der Waals surface area contributed by atoms with Gasteiger partial charge in [-0.1, -0.05) is 48.0 Å². The van der Waals surface area contributed by atoms with Gasteiger partial charge >= 0.3 is 0 Å². The Morgan fingerprint density at radius 2 is 1.66 bits per heavy atom. The molecule has 1 N–H and O–H groups in total. The van der Waals surface area contributed by atoms with Crippen LogP contribution in [0.3, 0.4) is 0 Å². The molecule has 8 nitrogen and oxygen atoms in total. The number of hydrazone groups is 1. The standard InChI is InChI=1S/C31H31N3O5S2/c1-23-9-12-26(13-10-23)34(41(36,37)28-16-14-27(40-3)15-17-28)21-31(35)33-32-20-25-11-18-29(30(19-25)38-2)39-22-24-7-5-4-6-8-24/h4-20H,21-22H2,1-3H3,(H,33,35)/b32-20-. The van der Waals surface area contributed by atoms with Crippen LogP contribution in [0.15, 0.2) is 112 Å². The Hall–Kier alpha value is -4.28. The predicted molar refractivity (Wildman–Crippen MR) is 163 cm³/mol. The number of carbonyl (C=O) groups is 1. The molecule has 4 aromatic rings. The van der Waals surface area contributed by atoms with Crippen molar-refractivity contribution in [2.45, 2.75) is 23.3 Å². The van der Waals surface area contributed by atoms with Gasteiger partial charge in [-0.15, -0.1) is 11.8 Å². The van der Waals surface area contributed by atoms with Crippen LogP contribution in [0.5, 0.6) is 11.5 Å². The third-order valence-electron chi connectivity index (χ3n) is 6.08. The summed E-state index contributed by atoms with van der Waals surface area (Å²) in [5, 5.41) is 4.03. The van der Waals surface area contributed by atoms with Crippen molar-refractivity contribution in [3.63, 3.8) is 0 Å². The molecule has 0 radical (unpaired) electrons. The summed E-state index contributed by atoms with van der Waals surface area (Å²) in [5.74, 6) is 0.489. The Labute approximate surface area is 245 Å². The van der Waals surface area contributed by atoms with Crippen LogP contribution in [-0.4, -0.2) is 40.4 Å². The van der Waals surface area contributed by atoms with Crippen LogP contribution in [0.2, 0.25) is 0 Å². The maximum atomic E-state index is 13.6. The van der Waals surface area contributed by atoms with Crippen LogP contribution >= 0.6 is 11.8 Å². The maximum Gasteiger partial charge on any atom is 0.264 e. The number of hydrogen-bond acceptors (Lipinski definition) is 7. The van der Waals surface area contributed by atoms with Gasteiger partial charge < -0.3 is 9.47 Å². The predicted octanol–water partition coefficient (Wildman–Crippen LogP) is 5.65. The molecule has 0 atom stereocenters. The Morgan fingerprint density at radius 3 is 2.32 bits per heavy atom. The third-order valence-corrected chi connectivity index (χ3v) is 8.62. The fraction of sp³-hybridized carbons (Fsp3) is 0.161. The number of thioether (sulfide) groups is 1. The minimum Gasteiger partial charge on any atom is -0.493 e. The first kappa shape index (κ1) is 29.7. The molecule has 0 fully saturated rings. The second kappa shape index (κ2) is 13.9. The van der Waals surface area contributed by atoms with Crippen LogP contribution in [-0.2, 0) is 21.4 Å². The van der Waals surface area contributed by atoms with Crippen LogP contribution in [0.4, 0.5) is 5.69 Å². The largest absolute Gasteiger partial charge is 0.493 e. The van der Waals surface area contributed by atoms with Crippen molar-refractivity contribution in [2.75, 3.05) is 24.2 Å². The van der Waals surface area contributed by atoms with Crippen molar-refractivity contribution in [3.8, 4) is 11.5 Å². The first-order chi connectivity index (χ1) is 19.8. The molecular formula is C31H31N3O5S2. The number of aryl methyl sites for hydroxylation is 1. The lowest BCUT2D eigenvalue weighted by Gasteiger charge is -2.24. The Morgan fingerprint density at radius 1 is 0.951 bits per heavy atom. The highest BCUT2D eigenvalue weighted by atomic mass is 32.2. The van der Waals surface area contributed by atoms with Gasteiger partial charge in [0.15, 0.2) is 11.5 Å². The van der Waals surface area contributed by atoms with Gasteiger partial charge in [0.05, 0.1) is 23.9 Å². The molecule has 0 aliphatic carbocycles. The van der Waals surface area contributed by atoms with Crippen LogP contribution < -0.4 is 19.2 Å². The van der Waals surface area contributed by atoms with Crippen molar-refractivity contribution in [3.05, 3.63) is 114 Å². The molecule has 0 unspecified atom stereocenters. The van der Waals surface area contributed by atoms with Crippen molar-refractivity contribution in [1.29, 1.82) is 0 Å². The number of benzene rings is 4. The summed E-state index contributed by atoms with van der Waals surface area (Å²) < 4.78 is 39.6. The van der Waals surface area contributed by atoms with E-state index in [9.17, 15) is 13.2 Å². The average molecular weight is 590 g/mol. The monoisotopic (exact) mass is 589 g/mol. The highest BCUT2D eigenvalue weighted by Crippen LogP contribution is 2.29. The molecule has 0 saturated carbocycles. The van der Waals surface area contributed by atoms with E-state index in [4.69, 9.17) is 9.47 Å². The van der Waals surface area contributed by atoms with Gasteiger partial charge in [-0.2, -0.15) is 5.10 Å². The van der Waals surface area contributed by atoms with E-state index in [0.717, 1.165) is 20.3 Å². The number of nitrogens with one attached hydrogen (secondary N) is 1. The second-order valence-corrected chi connectivity index (χ2v) is 11.7. The number of hydrogen-bond donors (Lipinski definition) is 1. The molecule has 1 amide bonds. The van der Waals surface area contributed by atoms with Gasteiger partial charge in [0.25, 0.3) is 15.9 Å². The normalized spacial score (nSPS) is 11.3. The van der Waals surface area contributed by atoms with Crippen molar-refractivity contribution in [1.82, 2.24) is 5.43 Å². The lowest BCUT2D eigenvalue weighted by molar-refractivity contribution is -0.119. The summed E-state index contributed by atoms with van der Waals surface area (Å²) >= 11 is 1.51. The van der Waals surface area contributed by atoms with Gasteiger partial charge in [-0.25, -0.2) is 13.8 Å². The third kappa shape index (κ3) is 7.90. The number of nitrogens with zero attached hydrogens (tertiary/aromatic N) is 2. The second-order valence-electron chi connectivity index (χ2n) is 9.00. The van der Waals surface area contributed by atoms with E-state index in [1.165, 1.54) is 18.0 Å². The van der Waals surface area contributed by atoms with Gasteiger partial charge in [0.2, 0.25) is 0 Å². The minimum atomic E-state index is -4.02. The number of anilines is 1. The van der Waals surface area contributed by atoms with Gasteiger partial charge in [0.1, 0.15) is 13.2 Å². The smallest absolute Gasteiger partial charge is 0.264 e. The van der Waals surface area contributed by atoms with E-state index in [0.29, 0.717) is 29.4 Å². The fourth-order valence-electron chi connectivity index (χ4n) is 3.86. The zero-order valence-corrected chi connectivity index (χ0v) is 24.6. The van der Waals surface area contributed by atoms with Gasteiger partial charge in [-0.05, 0) is 78.9 Å². The number of rotatable bonds is 12. The molecular weight excluding hydrogens is 558 g/mol. The Kier molecular flexibility index (Phi) is 10.0. The molecule has 0 heterocycles. The fourth-order valence-corrected chi connectivity index (χ4v) is 5.69. The van der Waals surface area contributed by atoms with E-state index in [1.54, 1.807) is 73.8 Å². The molecule has 0 saturated heterocycles. The summed E-state index contributed by atoms with van der Waals surface area (Å²) in [6.45, 7) is 1.84. The zero-order chi connectivity index (χ0) is 29.2. The van der Waals surface area contributed by atoms with E-state index in [-0.39, 0.29) is 4.90 Å². The van der Waals surface area contributed by atoms with E-state index < -0.39 is 22.5 Å². The van der Waals surface area contributed by atoms with Crippen molar-refractivity contribution in [2.24, 2.45) is 5.10 Å². The molecule has 41 heavy (non-hydrogen) atoms. The number of sulfonamides is 1. The topological polar surface area (TPSA) is 97.3 Å². The molecule has 4 rings (SSSR count). The summed E-state index contributed by atoms with van der Waals surface area (Å²) in [4.78, 5) is 13.9. The molecule has 4 aromatic carbocycles. The quantitative estimate of drug-likeness (QED) is 0.130. The molecule has 0 aliphatic rings. The molecule has 0 aliphatic heterocycles. The molecule has 0 spiro atoms. The summed E-state index contributed by atoms with van der Waals surface area (Å²) in [6, 6.07) is 28.6. The Balaban J connectivity index is 1.46. The summed E-state index contributed by atoms with van der Waals surface area (Å²) in [6.07, 6.45) is 3.37. The van der Waals surface area contributed by atoms with Crippen molar-refractivity contribution >= 4 is 39.6 Å². The Bertz CT molecular complexity index is 1590. The molecule has 0 bridgehead atoms. The highest BCUT2D eigenvalue weighted by molar-refractivity contribution is 7.98. The highest BCUT2D eigenvalue weighted by Gasteiger charge is 2.27. The lowest BCUT2D eigenvalue weighted by atomic mass is 10.2. The van der Waals surface area contributed by atoms with Gasteiger partial charge in [-0.3, -0.25) is 9.10 Å². The first-order valence-electron chi connectivity index (χ1n) is 12.7. The number of amides is 1. The SMILES string of the molecule is COc1cc(/C=N\NC(=O)CN(c2ccc(C)cc2)S(=O)(=O)c2ccc(SC)cc2)ccc1OCc1ccccc1. The van der Waals surface area contributed by atoms with E-state index in [1.807, 2.05) is 43.5 Å². The minimum absolute atomic E-state index is 0.0915. The molecule has 0 aromatic heterocycles. The van der Waals surface area contributed by atoms with E-state index >= 15 is 0 Å². The van der Waals surface area contributed by atoms with Gasteiger partial charge in [0, 0.05) is 4.90 Å². The van der Waals surface area contributed by atoms with Crippen LogP contribution in [0.25, 0.3) is 0 Å². The van der Waals surface area contributed by atoms with Crippen LogP contribution in [0, 0.1) is 6.92 Å².